The number of carboxylic acid groups (broad SMARTS) is 1. The molecule has 11 heteroatoms. The quantitative estimate of drug-likeness (QED) is 0.114. The second-order valence-corrected chi connectivity index (χ2v) is 14.6. The Morgan fingerprint density at radius 2 is 1.73 bits per heavy atom. The maximum absolute atomic E-state index is 13.8. The maximum Gasteiger partial charge on any atom is 0.318 e. The largest absolute Gasteiger partial charge is 0.506 e. The van der Waals surface area contributed by atoms with Crippen molar-refractivity contribution in [1.29, 1.82) is 0 Å². The summed E-state index contributed by atoms with van der Waals surface area (Å²) in [5.41, 5.74) is 1.20. The Hall–Kier alpha value is -4.71. The molecular weight excluding hydrogens is 660 g/mol. The summed E-state index contributed by atoms with van der Waals surface area (Å²) in [6.45, 7) is 4.77. The standard InChI is InChI=1S/C41H48N4O7/c46-34-15-13-31(32-14-16-36(48)43-38(32)34)35(47)24-42-19-5-2-6-22-52-30-11-9-27(10-12-30)23-37(49)45-26-41(40(50)51,29-7-3-1-4-8-29)39(45)33-25-44-20-17-28(33)18-21-44/h1,3-4,7-16,28,33,35,39,42,46-47H,2,5-6,17-26H2,(H,43,48)(H,50,51). The molecule has 5 heterocycles. The van der Waals surface area contributed by atoms with Gasteiger partial charge in [0, 0.05) is 31.1 Å². The number of rotatable bonds is 15. The van der Waals surface area contributed by atoms with Gasteiger partial charge < -0.3 is 40.2 Å². The third kappa shape index (κ3) is 7.17. The minimum atomic E-state index is -1.10. The number of likely N-dealkylation sites (tertiary alicyclic amines) is 1. The van der Waals surface area contributed by atoms with E-state index < -0.39 is 17.5 Å². The molecule has 4 atom stereocenters. The van der Waals surface area contributed by atoms with E-state index in [0.29, 0.717) is 35.5 Å². The van der Waals surface area contributed by atoms with Gasteiger partial charge in [0.25, 0.3) is 0 Å². The van der Waals surface area contributed by atoms with Crippen molar-refractivity contribution in [3.63, 3.8) is 0 Å². The van der Waals surface area contributed by atoms with Crippen molar-refractivity contribution in [2.45, 2.75) is 56.1 Å². The molecule has 4 unspecified atom stereocenters. The van der Waals surface area contributed by atoms with Crippen molar-refractivity contribution in [3.05, 3.63) is 106 Å². The van der Waals surface area contributed by atoms with Crippen LogP contribution in [0, 0.1) is 11.8 Å². The number of aliphatic carboxylic acids is 1. The first-order valence-corrected chi connectivity index (χ1v) is 18.5. The van der Waals surface area contributed by atoms with E-state index in [-0.39, 0.29) is 42.1 Å². The van der Waals surface area contributed by atoms with E-state index in [4.69, 9.17) is 4.74 Å². The van der Waals surface area contributed by atoms with Crippen LogP contribution in [0.1, 0.15) is 54.9 Å². The van der Waals surface area contributed by atoms with Crippen molar-refractivity contribution in [3.8, 4) is 11.5 Å². The highest BCUT2D eigenvalue weighted by Crippen LogP contribution is 2.50. The highest BCUT2D eigenvalue weighted by molar-refractivity contribution is 5.90. The molecule has 274 valence electrons. The summed E-state index contributed by atoms with van der Waals surface area (Å²) in [6, 6.07) is 22.9. The molecule has 52 heavy (non-hydrogen) atoms. The Kier molecular flexibility index (Phi) is 10.6. The third-order valence-electron chi connectivity index (χ3n) is 11.5. The summed E-state index contributed by atoms with van der Waals surface area (Å²) in [5.74, 6) is 0.394. The number of unbranched alkanes of at least 4 members (excludes halogenated alkanes) is 2. The number of H-pyrrole nitrogens is 1. The van der Waals surface area contributed by atoms with Gasteiger partial charge in [-0.2, -0.15) is 0 Å². The lowest BCUT2D eigenvalue weighted by molar-refractivity contribution is -0.175. The molecule has 0 aliphatic carbocycles. The number of aliphatic hydroxyl groups excluding tert-OH is 1. The van der Waals surface area contributed by atoms with Crippen LogP contribution in [0.25, 0.3) is 10.9 Å². The van der Waals surface area contributed by atoms with Crippen LogP contribution >= 0.6 is 0 Å². The Morgan fingerprint density at radius 1 is 0.962 bits per heavy atom. The second-order valence-electron chi connectivity index (χ2n) is 14.6. The number of amides is 1. The lowest BCUT2D eigenvalue weighted by Crippen LogP contribution is -2.76. The van der Waals surface area contributed by atoms with Crippen molar-refractivity contribution in [2.24, 2.45) is 11.8 Å². The SMILES string of the molecule is O=C(Cc1ccc(OCCCCCNCC(O)c2ccc(O)c3[nH]c(=O)ccc23)cc1)N1CC(C(=O)O)(c2ccccc2)C1C1CN2CCC1CC2. The molecule has 4 aliphatic rings. The van der Waals surface area contributed by atoms with E-state index in [1.54, 1.807) is 12.1 Å². The number of carbonyl (C=O) groups excluding carboxylic acids is 1. The number of piperidine rings is 3. The number of nitrogens with zero attached hydrogens (tertiary/aromatic N) is 2. The summed E-state index contributed by atoms with van der Waals surface area (Å²) in [6.07, 6.45) is 4.25. The molecule has 11 nitrogen and oxygen atoms in total. The number of carboxylic acids is 1. The van der Waals surface area contributed by atoms with Gasteiger partial charge in [0.05, 0.1) is 30.7 Å². The minimum absolute atomic E-state index is 0.0307. The average molecular weight is 709 g/mol. The molecule has 4 fully saturated rings. The van der Waals surface area contributed by atoms with Crippen LogP contribution in [-0.2, 0) is 21.4 Å². The lowest BCUT2D eigenvalue weighted by atomic mass is 9.58. The van der Waals surface area contributed by atoms with Crippen LogP contribution in [0.15, 0.2) is 83.7 Å². The fourth-order valence-electron chi connectivity index (χ4n) is 8.73. The first-order chi connectivity index (χ1) is 25.2. The van der Waals surface area contributed by atoms with Gasteiger partial charge in [-0.05, 0) is 105 Å². The first-order valence-electron chi connectivity index (χ1n) is 18.5. The number of pyridine rings is 1. The van der Waals surface area contributed by atoms with Gasteiger partial charge in [-0.15, -0.1) is 0 Å². The molecule has 4 aromatic rings. The normalized spacial score (nSPS) is 24.4. The molecule has 4 saturated heterocycles. The summed E-state index contributed by atoms with van der Waals surface area (Å²) < 4.78 is 5.96. The van der Waals surface area contributed by atoms with E-state index in [1.165, 1.54) is 12.1 Å². The number of phenols is 1. The maximum atomic E-state index is 13.8. The van der Waals surface area contributed by atoms with E-state index in [0.717, 1.165) is 75.2 Å². The lowest BCUT2D eigenvalue weighted by Gasteiger charge is -2.62. The molecule has 0 spiro atoms. The zero-order valence-electron chi connectivity index (χ0n) is 29.4. The highest BCUT2D eigenvalue weighted by atomic mass is 16.5. The van der Waals surface area contributed by atoms with Crippen LogP contribution in [0.3, 0.4) is 0 Å². The van der Waals surface area contributed by atoms with Gasteiger partial charge in [-0.25, -0.2) is 0 Å². The summed E-state index contributed by atoms with van der Waals surface area (Å²) in [7, 11) is 0. The Balaban J connectivity index is 0.865. The monoisotopic (exact) mass is 708 g/mol. The molecule has 8 rings (SSSR count). The van der Waals surface area contributed by atoms with Gasteiger partial charge in [-0.1, -0.05) is 48.5 Å². The Labute approximate surface area is 303 Å². The third-order valence-corrected chi connectivity index (χ3v) is 11.5. The van der Waals surface area contributed by atoms with Crippen LogP contribution < -0.4 is 15.6 Å². The van der Waals surface area contributed by atoms with E-state index in [9.17, 15) is 29.7 Å². The fraction of sp³-hybridized carbons (Fsp3) is 0.439. The molecule has 2 bridgehead atoms. The molecule has 3 aromatic carbocycles. The predicted octanol–water partition coefficient (Wildman–Crippen LogP) is 4.22. The summed E-state index contributed by atoms with van der Waals surface area (Å²) >= 11 is 0. The number of fused-ring (bicyclic) bond motifs is 4. The van der Waals surface area contributed by atoms with Gasteiger partial charge in [0.15, 0.2) is 0 Å². The zero-order chi connectivity index (χ0) is 36.2. The molecule has 1 amide bonds. The smallest absolute Gasteiger partial charge is 0.318 e. The van der Waals surface area contributed by atoms with Gasteiger partial charge in [-0.3, -0.25) is 14.4 Å². The van der Waals surface area contributed by atoms with Crippen LogP contribution in [-0.4, -0.2) is 93.9 Å². The zero-order valence-corrected chi connectivity index (χ0v) is 29.4. The Bertz CT molecular complexity index is 1930. The number of aromatic nitrogens is 1. The van der Waals surface area contributed by atoms with Crippen molar-refractivity contribution in [2.75, 3.05) is 45.9 Å². The first kappa shape index (κ1) is 35.7. The highest BCUT2D eigenvalue weighted by Gasteiger charge is 2.64. The van der Waals surface area contributed by atoms with Gasteiger partial charge >= 0.3 is 5.97 Å². The van der Waals surface area contributed by atoms with Gasteiger partial charge in [0.1, 0.15) is 16.9 Å². The Morgan fingerprint density at radius 3 is 2.44 bits per heavy atom. The van der Waals surface area contributed by atoms with E-state index in [1.807, 2.05) is 59.5 Å². The van der Waals surface area contributed by atoms with E-state index >= 15 is 0 Å². The summed E-state index contributed by atoms with van der Waals surface area (Å²) in [4.78, 5) is 45.4. The van der Waals surface area contributed by atoms with Crippen LogP contribution in [0.2, 0.25) is 0 Å². The van der Waals surface area contributed by atoms with Crippen molar-refractivity contribution >= 4 is 22.8 Å². The molecule has 5 N–H and O–H groups in total. The van der Waals surface area contributed by atoms with Crippen LogP contribution in [0.5, 0.6) is 11.5 Å². The number of aromatic hydroxyl groups is 1. The number of hydrogen-bond donors (Lipinski definition) is 5. The molecule has 1 aromatic heterocycles. The molecule has 0 radical (unpaired) electrons. The van der Waals surface area contributed by atoms with Crippen LogP contribution in [0.4, 0.5) is 0 Å². The number of benzene rings is 3. The molecule has 4 aliphatic heterocycles. The van der Waals surface area contributed by atoms with Gasteiger partial charge in [0.2, 0.25) is 11.5 Å². The number of aromatic amines is 1. The minimum Gasteiger partial charge on any atom is -0.506 e. The number of hydrogen-bond acceptors (Lipinski definition) is 8. The van der Waals surface area contributed by atoms with E-state index in [2.05, 4.69) is 15.2 Å². The number of aliphatic hydroxyl groups is 1. The topological polar surface area (TPSA) is 155 Å². The summed E-state index contributed by atoms with van der Waals surface area (Å²) in [5, 5.41) is 35.4. The molecule has 0 saturated carbocycles. The number of phenolic OH excluding ortho intramolecular Hbond substituents is 1. The second kappa shape index (κ2) is 15.5. The number of carbonyl (C=O) groups is 2. The average Bonchev–Trinajstić information content (AvgIpc) is 3.14. The number of nitrogens with one attached hydrogen (secondary N) is 2. The molecular formula is C41H48N4O7. The number of ether oxygens (including phenoxy) is 1. The van der Waals surface area contributed by atoms with Crippen molar-refractivity contribution in [1.82, 2.24) is 20.1 Å². The van der Waals surface area contributed by atoms with Crippen molar-refractivity contribution < 1.29 is 29.6 Å². The predicted molar refractivity (Wildman–Crippen MR) is 197 cm³/mol. The fourth-order valence-corrected chi connectivity index (χ4v) is 8.73.